The van der Waals surface area contributed by atoms with Crippen LogP contribution in [0.5, 0.6) is 17.2 Å². The highest BCUT2D eigenvalue weighted by molar-refractivity contribution is 5.77. The number of aromatic nitrogens is 1. The number of ether oxygens (including phenoxy) is 3. The first-order chi connectivity index (χ1) is 11.5. The van der Waals surface area contributed by atoms with Crippen LogP contribution in [0.2, 0.25) is 0 Å². The maximum Gasteiger partial charge on any atom is 0.312 e. The van der Waals surface area contributed by atoms with E-state index >= 15 is 0 Å². The van der Waals surface area contributed by atoms with E-state index in [9.17, 15) is 9.59 Å². The van der Waals surface area contributed by atoms with Gasteiger partial charge in [0.1, 0.15) is 5.75 Å². The van der Waals surface area contributed by atoms with Crippen molar-refractivity contribution in [1.82, 2.24) is 4.57 Å². The number of pyridine rings is 1. The molecule has 2 heterocycles. The van der Waals surface area contributed by atoms with Crippen molar-refractivity contribution in [3.63, 3.8) is 0 Å². The number of benzene rings is 1. The molecule has 0 unspecified atom stereocenters. The Morgan fingerprint density at radius 2 is 1.83 bits per heavy atom. The zero-order valence-electron chi connectivity index (χ0n) is 14.1. The van der Waals surface area contributed by atoms with Gasteiger partial charge in [-0.15, -0.1) is 0 Å². The summed E-state index contributed by atoms with van der Waals surface area (Å²) in [5.74, 6) is 0.762. The van der Waals surface area contributed by atoms with E-state index in [1.165, 1.54) is 0 Å². The van der Waals surface area contributed by atoms with E-state index in [-0.39, 0.29) is 23.9 Å². The van der Waals surface area contributed by atoms with Gasteiger partial charge < -0.3 is 18.8 Å². The van der Waals surface area contributed by atoms with E-state index < -0.39 is 0 Å². The summed E-state index contributed by atoms with van der Waals surface area (Å²) in [6.07, 6.45) is 0.112. The molecule has 126 valence electrons. The van der Waals surface area contributed by atoms with E-state index in [0.29, 0.717) is 22.8 Å². The predicted molar refractivity (Wildman–Crippen MR) is 88.1 cm³/mol. The lowest BCUT2D eigenvalue weighted by Gasteiger charge is -2.25. The van der Waals surface area contributed by atoms with Crippen LogP contribution in [-0.4, -0.2) is 24.8 Å². The molecule has 1 aliphatic heterocycles. The monoisotopic (exact) mass is 329 g/mol. The van der Waals surface area contributed by atoms with Crippen molar-refractivity contribution in [3.8, 4) is 17.2 Å². The number of aryl methyl sites for hydroxylation is 1. The molecular weight excluding hydrogens is 310 g/mol. The molecule has 0 amide bonds. The minimum Gasteiger partial charge on any atom is -0.493 e. The van der Waals surface area contributed by atoms with Crippen LogP contribution in [0.1, 0.15) is 29.2 Å². The fraction of sp³-hybridized carbons (Fsp3) is 0.333. The molecule has 0 radical (unpaired) electrons. The number of nitrogens with zero attached hydrogens (tertiary/aromatic N) is 1. The zero-order chi connectivity index (χ0) is 17.4. The first-order valence-corrected chi connectivity index (χ1v) is 7.59. The smallest absolute Gasteiger partial charge is 0.312 e. The molecule has 0 saturated carbocycles. The molecule has 0 fully saturated rings. The molecule has 0 aliphatic carbocycles. The summed E-state index contributed by atoms with van der Waals surface area (Å²) in [5.41, 5.74) is 1.89. The number of esters is 1. The molecule has 0 saturated heterocycles. The Bertz CT molecular complexity index is 868. The first kappa shape index (κ1) is 16.1. The summed E-state index contributed by atoms with van der Waals surface area (Å²) in [5, 5.41) is 0. The third-order valence-electron chi connectivity index (χ3n) is 4.42. The molecule has 0 spiro atoms. The van der Waals surface area contributed by atoms with Crippen molar-refractivity contribution in [1.29, 1.82) is 0 Å². The van der Waals surface area contributed by atoms with Gasteiger partial charge in [-0.1, -0.05) is 6.07 Å². The van der Waals surface area contributed by atoms with E-state index in [0.717, 1.165) is 11.3 Å². The van der Waals surface area contributed by atoms with Crippen LogP contribution in [0.25, 0.3) is 0 Å². The summed E-state index contributed by atoms with van der Waals surface area (Å²) >= 11 is 0. The maximum absolute atomic E-state index is 12.7. The summed E-state index contributed by atoms with van der Waals surface area (Å²) in [6.45, 7) is 1.80. The maximum atomic E-state index is 12.7. The van der Waals surface area contributed by atoms with Crippen LogP contribution in [0.4, 0.5) is 0 Å². The van der Waals surface area contributed by atoms with Crippen LogP contribution in [0.3, 0.4) is 0 Å². The quantitative estimate of drug-likeness (QED) is 0.807. The van der Waals surface area contributed by atoms with Gasteiger partial charge in [0, 0.05) is 24.7 Å². The van der Waals surface area contributed by atoms with E-state index in [2.05, 4.69) is 0 Å². The minimum absolute atomic E-state index is 0.112. The molecular formula is C18H19NO5. The molecule has 0 N–H and O–H groups in total. The molecule has 2 aromatic rings. The lowest BCUT2D eigenvalue weighted by Crippen LogP contribution is -2.31. The van der Waals surface area contributed by atoms with Gasteiger partial charge in [0.25, 0.3) is 5.56 Å². The van der Waals surface area contributed by atoms with Crippen LogP contribution < -0.4 is 19.8 Å². The van der Waals surface area contributed by atoms with Crippen LogP contribution >= 0.6 is 0 Å². The average Bonchev–Trinajstić information content (AvgIpc) is 2.58. The van der Waals surface area contributed by atoms with Crippen molar-refractivity contribution in [2.24, 2.45) is 7.05 Å². The van der Waals surface area contributed by atoms with Gasteiger partial charge in [-0.05, 0) is 24.6 Å². The highest BCUT2D eigenvalue weighted by Crippen LogP contribution is 2.39. The summed E-state index contributed by atoms with van der Waals surface area (Å²) in [6, 6.07) is 7.13. The minimum atomic E-state index is -0.375. The number of hydrogen-bond acceptors (Lipinski definition) is 5. The van der Waals surface area contributed by atoms with Gasteiger partial charge >= 0.3 is 5.97 Å². The molecule has 1 aliphatic rings. The summed E-state index contributed by atoms with van der Waals surface area (Å²) in [7, 11) is 4.82. The van der Waals surface area contributed by atoms with E-state index in [1.807, 2.05) is 6.07 Å². The second kappa shape index (κ2) is 6.03. The molecule has 1 aromatic heterocycles. The van der Waals surface area contributed by atoms with Gasteiger partial charge in [-0.25, -0.2) is 0 Å². The van der Waals surface area contributed by atoms with Crippen molar-refractivity contribution in [2.75, 3.05) is 14.2 Å². The second-order valence-corrected chi connectivity index (χ2v) is 5.77. The molecule has 3 rings (SSSR count). The third-order valence-corrected chi connectivity index (χ3v) is 4.42. The number of fused-ring (bicyclic) bond motifs is 1. The number of rotatable bonds is 3. The van der Waals surface area contributed by atoms with Crippen molar-refractivity contribution >= 4 is 5.97 Å². The Hall–Kier alpha value is -2.76. The third kappa shape index (κ3) is 2.54. The molecule has 24 heavy (non-hydrogen) atoms. The lowest BCUT2D eigenvalue weighted by atomic mass is 9.86. The number of carbonyl (C=O) groups is 1. The largest absolute Gasteiger partial charge is 0.493 e. The van der Waals surface area contributed by atoms with E-state index in [1.54, 1.807) is 51.0 Å². The second-order valence-electron chi connectivity index (χ2n) is 5.77. The normalized spacial score (nSPS) is 16.3. The first-order valence-electron chi connectivity index (χ1n) is 7.59. The van der Waals surface area contributed by atoms with E-state index in [4.69, 9.17) is 14.2 Å². The van der Waals surface area contributed by atoms with Gasteiger partial charge in [0.05, 0.1) is 26.2 Å². The van der Waals surface area contributed by atoms with Gasteiger partial charge in [0.2, 0.25) is 0 Å². The van der Waals surface area contributed by atoms with Gasteiger partial charge in [-0.2, -0.15) is 0 Å². The lowest BCUT2D eigenvalue weighted by molar-refractivity contribution is -0.135. The zero-order valence-corrected chi connectivity index (χ0v) is 14.1. The van der Waals surface area contributed by atoms with Crippen LogP contribution in [0, 0.1) is 6.92 Å². The fourth-order valence-electron chi connectivity index (χ4n) is 3.00. The fourth-order valence-corrected chi connectivity index (χ4v) is 3.00. The Labute approximate surface area is 139 Å². The highest BCUT2D eigenvalue weighted by Gasteiger charge is 2.32. The number of hydrogen-bond donors (Lipinski definition) is 0. The van der Waals surface area contributed by atoms with Crippen molar-refractivity contribution < 1.29 is 19.0 Å². The highest BCUT2D eigenvalue weighted by atomic mass is 16.5. The van der Waals surface area contributed by atoms with Crippen molar-refractivity contribution in [3.05, 3.63) is 51.4 Å². The molecule has 6 heteroatoms. The predicted octanol–water partition coefficient (Wildman–Crippen LogP) is 2.15. The molecule has 6 nitrogen and oxygen atoms in total. The molecule has 1 atom stereocenters. The summed E-state index contributed by atoms with van der Waals surface area (Å²) in [4.78, 5) is 24.7. The molecule has 1 aromatic carbocycles. The average molecular weight is 329 g/mol. The summed E-state index contributed by atoms with van der Waals surface area (Å²) < 4.78 is 17.4. The van der Waals surface area contributed by atoms with Crippen LogP contribution in [0.15, 0.2) is 29.1 Å². The number of carbonyl (C=O) groups excluding carboxylic acids is 1. The standard InChI is InChI=1S/C18H19NO5/c1-10-7-15-17(18(21)19(10)2)12(9-16(20)24-15)11-5-6-13(22-3)14(8-11)23-4/h5-8,12H,9H2,1-4H3/t12-/m1/s1. The van der Waals surface area contributed by atoms with Crippen molar-refractivity contribution in [2.45, 2.75) is 19.3 Å². The Morgan fingerprint density at radius 1 is 1.12 bits per heavy atom. The Morgan fingerprint density at radius 3 is 2.50 bits per heavy atom. The Kier molecular flexibility index (Phi) is 4.05. The molecule has 0 bridgehead atoms. The van der Waals surface area contributed by atoms with Gasteiger partial charge in [-0.3, -0.25) is 9.59 Å². The Balaban J connectivity index is 2.19. The SMILES string of the molecule is COc1ccc([C@H]2CC(=O)Oc3cc(C)n(C)c(=O)c32)cc1OC. The van der Waals surface area contributed by atoms with Crippen LogP contribution in [-0.2, 0) is 11.8 Å². The number of methoxy groups -OCH3 is 2. The topological polar surface area (TPSA) is 66.8 Å². The van der Waals surface area contributed by atoms with Gasteiger partial charge in [0.15, 0.2) is 11.5 Å².